The van der Waals surface area contributed by atoms with Gasteiger partial charge in [0.15, 0.2) is 8.32 Å². The van der Waals surface area contributed by atoms with Crippen molar-refractivity contribution in [3.8, 4) is 0 Å². The SMILES string of the molecule is CC(C)(C)[Si](C)(C)O[C@@H]1C=CC(n2cc(C3=C(c4c(Cl)[nH]c5ccccc45)C(=O)NC3=O)c3ccccc32)C1. The lowest BCUT2D eigenvalue weighted by molar-refractivity contribution is -0.122. The minimum absolute atomic E-state index is 0.0386. The zero-order valence-corrected chi connectivity index (χ0v) is 24.5. The second kappa shape index (κ2) is 9.08. The third-order valence-electron chi connectivity index (χ3n) is 8.48. The number of para-hydroxylation sites is 2. The second-order valence-electron chi connectivity index (χ2n) is 12.0. The average Bonchev–Trinajstić information content (AvgIpc) is 3.61. The number of carbonyl (C=O) groups is 2. The highest BCUT2D eigenvalue weighted by Crippen LogP contribution is 2.43. The van der Waals surface area contributed by atoms with Gasteiger partial charge in [-0.05, 0) is 30.3 Å². The number of amides is 2. The summed E-state index contributed by atoms with van der Waals surface area (Å²) >= 11 is 6.64. The Kier molecular flexibility index (Phi) is 6.02. The number of aromatic nitrogens is 2. The van der Waals surface area contributed by atoms with Gasteiger partial charge in [-0.1, -0.05) is 80.9 Å². The summed E-state index contributed by atoms with van der Waals surface area (Å²) < 4.78 is 8.89. The molecule has 4 aromatic rings. The molecule has 0 saturated carbocycles. The molecule has 8 heteroatoms. The van der Waals surface area contributed by atoms with Crippen LogP contribution in [-0.2, 0) is 14.0 Å². The van der Waals surface area contributed by atoms with Gasteiger partial charge < -0.3 is 14.0 Å². The normalized spacial score (nSPS) is 20.2. The Bertz CT molecular complexity index is 1720. The molecule has 0 radical (unpaired) electrons. The molecule has 1 aliphatic heterocycles. The summed E-state index contributed by atoms with van der Waals surface area (Å²) in [6.45, 7) is 11.3. The molecular weight excluding hydrogens is 526 g/mol. The number of aromatic amines is 1. The van der Waals surface area contributed by atoms with Crippen LogP contribution in [0.25, 0.3) is 33.0 Å². The van der Waals surface area contributed by atoms with Crippen molar-refractivity contribution < 1.29 is 14.0 Å². The van der Waals surface area contributed by atoms with Crippen molar-refractivity contribution >= 4 is 64.7 Å². The lowest BCUT2D eigenvalue weighted by Gasteiger charge is -2.38. The van der Waals surface area contributed by atoms with Crippen LogP contribution in [0.5, 0.6) is 0 Å². The largest absolute Gasteiger partial charge is 0.410 e. The number of fused-ring (bicyclic) bond motifs is 2. The molecule has 2 aliphatic rings. The first-order chi connectivity index (χ1) is 18.5. The van der Waals surface area contributed by atoms with Gasteiger partial charge in [0.25, 0.3) is 11.8 Å². The molecule has 2 N–H and O–H groups in total. The highest BCUT2D eigenvalue weighted by molar-refractivity contribution is 6.74. The van der Waals surface area contributed by atoms with Gasteiger partial charge in [0.2, 0.25) is 0 Å². The summed E-state index contributed by atoms with van der Waals surface area (Å²) in [7, 11) is -1.93. The van der Waals surface area contributed by atoms with Crippen LogP contribution < -0.4 is 5.32 Å². The number of rotatable bonds is 5. The molecule has 200 valence electrons. The van der Waals surface area contributed by atoms with Crippen molar-refractivity contribution in [2.24, 2.45) is 0 Å². The van der Waals surface area contributed by atoms with Gasteiger partial charge in [0.05, 0.1) is 23.3 Å². The smallest absolute Gasteiger partial charge is 0.259 e. The first kappa shape index (κ1) is 25.9. The first-order valence-corrected chi connectivity index (χ1v) is 16.6. The maximum atomic E-state index is 13.3. The van der Waals surface area contributed by atoms with Crippen molar-refractivity contribution in [3.63, 3.8) is 0 Å². The number of imide groups is 1. The number of carbonyl (C=O) groups excluding carboxylic acids is 2. The topological polar surface area (TPSA) is 76.1 Å². The van der Waals surface area contributed by atoms with Gasteiger partial charge in [-0.15, -0.1) is 0 Å². The number of hydrogen-bond donors (Lipinski definition) is 2. The van der Waals surface area contributed by atoms with Crippen molar-refractivity contribution in [1.82, 2.24) is 14.9 Å². The van der Waals surface area contributed by atoms with Crippen LogP contribution in [0.1, 0.15) is 44.4 Å². The Balaban J connectivity index is 1.46. The fourth-order valence-corrected chi connectivity index (χ4v) is 7.06. The Labute approximate surface area is 233 Å². The summed E-state index contributed by atoms with van der Waals surface area (Å²) in [5, 5.41) is 4.69. The van der Waals surface area contributed by atoms with Crippen LogP contribution >= 0.6 is 11.6 Å². The lowest BCUT2D eigenvalue weighted by Crippen LogP contribution is -2.43. The lowest BCUT2D eigenvalue weighted by atomic mass is 9.95. The fraction of sp³-hybridized carbons (Fsp3) is 0.290. The van der Waals surface area contributed by atoms with E-state index in [1.54, 1.807) is 0 Å². The van der Waals surface area contributed by atoms with Crippen LogP contribution in [0.15, 0.2) is 66.9 Å². The minimum Gasteiger partial charge on any atom is -0.410 e. The summed E-state index contributed by atoms with van der Waals surface area (Å²) in [6, 6.07) is 15.7. The number of benzene rings is 2. The Morgan fingerprint density at radius 3 is 2.36 bits per heavy atom. The van der Waals surface area contributed by atoms with Crippen molar-refractivity contribution in [3.05, 3.63) is 83.2 Å². The Morgan fingerprint density at radius 1 is 0.949 bits per heavy atom. The molecule has 2 atom stereocenters. The quantitative estimate of drug-likeness (QED) is 0.154. The molecule has 2 aromatic heterocycles. The van der Waals surface area contributed by atoms with Crippen molar-refractivity contribution in [1.29, 1.82) is 0 Å². The number of nitrogens with one attached hydrogen (secondary N) is 2. The zero-order valence-electron chi connectivity index (χ0n) is 22.8. The fourth-order valence-electron chi connectivity index (χ4n) is 5.48. The molecule has 6 nitrogen and oxygen atoms in total. The third-order valence-corrected chi connectivity index (χ3v) is 13.3. The van der Waals surface area contributed by atoms with E-state index < -0.39 is 20.1 Å². The molecule has 2 aromatic carbocycles. The second-order valence-corrected chi connectivity index (χ2v) is 17.1. The molecule has 0 saturated heterocycles. The van der Waals surface area contributed by atoms with Gasteiger partial charge in [0, 0.05) is 45.6 Å². The molecule has 3 heterocycles. The maximum Gasteiger partial charge on any atom is 0.259 e. The number of hydrogen-bond acceptors (Lipinski definition) is 3. The molecule has 2 amide bonds. The van der Waals surface area contributed by atoms with Crippen LogP contribution in [0.3, 0.4) is 0 Å². The van der Waals surface area contributed by atoms with Crippen molar-refractivity contribution in [2.45, 2.75) is 57.5 Å². The molecule has 6 rings (SSSR count). The molecule has 0 spiro atoms. The van der Waals surface area contributed by atoms with Gasteiger partial charge in [-0.25, -0.2) is 0 Å². The zero-order chi connectivity index (χ0) is 27.7. The van der Waals surface area contributed by atoms with E-state index in [0.717, 1.165) is 28.2 Å². The summed E-state index contributed by atoms with van der Waals surface area (Å²) in [5.74, 6) is -0.859. The molecule has 0 fully saturated rings. The molecule has 0 bridgehead atoms. The van der Waals surface area contributed by atoms with Gasteiger partial charge in [0.1, 0.15) is 5.15 Å². The summed E-state index contributed by atoms with van der Waals surface area (Å²) in [4.78, 5) is 29.7. The van der Waals surface area contributed by atoms with Crippen LogP contribution in [-0.4, -0.2) is 35.8 Å². The number of nitrogens with zero attached hydrogens (tertiary/aromatic N) is 1. The Morgan fingerprint density at radius 2 is 1.62 bits per heavy atom. The highest BCUT2D eigenvalue weighted by Gasteiger charge is 2.40. The van der Waals surface area contributed by atoms with E-state index in [0.29, 0.717) is 27.4 Å². The standard InChI is InChI=1S/C31H32ClN3O3Si/c1-31(2,3)39(4,5)38-19-15-14-18(16-19)35-17-22(20-10-7-9-13-24(20)35)26-27(30(37)34-29(26)36)25-21-11-6-8-12-23(21)33-28(25)32/h6-15,17-19,33H,16H2,1-5H3,(H,34,36,37)/t18?,19-/m1/s1. The number of allylic oxidation sites excluding steroid dienone is 1. The number of H-pyrrole nitrogens is 1. The highest BCUT2D eigenvalue weighted by atomic mass is 35.5. The molecule has 1 aliphatic carbocycles. The van der Waals surface area contributed by atoms with E-state index in [9.17, 15) is 9.59 Å². The van der Waals surface area contributed by atoms with E-state index in [4.69, 9.17) is 16.0 Å². The third kappa shape index (κ3) is 4.20. The van der Waals surface area contributed by atoms with E-state index in [2.05, 4.69) is 67.0 Å². The predicted octanol–water partition coefficient (Wildman–Crippen LogP) is 7.23. The molecule has 1 unspecified atom stereocenters. The predicted molar refractivity (Wildman–Crippen MR) is 160 cm³/mol. The van der Waals surface area contributed by atoms with E-state index in [-0.39, 0.29) is 17.2 Å². The molecular formula is C31H32ClN3O3Si. The van der Waals surface area contributed by atoms with Crippen LogP contribution in [0.4, 0.5) is 0 Å². The maximum absolute atomic E-state index is 13.3. The summed E-state index contributed by atoms with van der Waals surface area (Å²) in [6.07, 6.45) is 7.22. The Hall–Kier alpha value is -3.39. The van der Waals surface area contributed by atoms with Crippen LogP contribution in [0.2, 0.25) is 23.3 Å². The van der Waals surface area contributed by atoms with Gasteiger partial charge >= 0.3 is 0 Å². The summed E-state index contributed by atoms with van der Waals surface area (Å²) in [5.41, 5.74) is 3.71. The monoisotopic (exact) mass is 557 g/mol. The van der Waals surface area contributed by atoms with E-state index >= 15 is 0 Å². The minimum atomic E-state index is -1.93. The van der Waals surface area contributed by atoms with Gasteiger partial charge in [-0.3, -0.25) is 14.9 Å². The first-order valence-electron chi connectivity index (χ1n) is 13.3. The van der Waals surface area contributed by atoms with Crippen molar-refractivity contribution in [2.75, 3.05) is 0 Å². The van der Waals surface area contributed by atoms with E-state index in [1.807, 2.05) is 48.7 Å². The van der Waals surface area contributed by atoms with Crippen LogP contribution in [0, 0.1) is 0 Å². The van der Waals surface area contributed by atoms with E-state index in [1.165, 1.54) is 0 Å². The molecule has 39 heavy (non-hydrogen) atoms. The average molecular weight is 558 g/mol. The number of halogens is 1. The van der Waals surface area contributed by atoms with Gasteiger partial charge in [-0.2, -0.15) is 0 Å².